The number of hydrogen-bond donors (Lipinski definition) is 2. The summed E-state index contributed by atoms with van der Waals surface area (Å²) in [6.45, 7) is 0.535. The molecule has 2 aromatic rings. The van der Waals surface area contributed by atoms with Crippen LogP contribution in [-0.2, 0) is 0 Å². The average Bonchev–Trinajstić information content (AvgIpc) is 3.16. The number of nitrogens with two attached hydrogens (primary N) is 1. The van der Waals surface area contributed by atoms with Gasteiger partial charge in [0, 0.05) is 11.4 Å². The molecule has 2 unspecified atom stereocenters. The lowest BCUT2D eigenvalue weighted by Gasteiger charge is -2.18. The molecule has 0 radical (unpaired) electrons. The third-order valence-corrected chi connectivity index (χ3v) is 5.05. The number of halogens is 3. The zero-order chi connectivity index (χ0) is 16.4. The SMILES string of the molecule is Cl.NCC1CCCC1NC(=O)c1csc(-c2c(F)cccc2F)n1. The Balaban J connectivity index is 0.00000208. The monoisotopic (exact) mass is 373 g/mol. The Morgan fingerprint density at radius 3 is 2.71 bits per heavy atom. The molecule has 1 heterocycles. The fourth-order valence-corrected chi connectivity index (χ4v) is 3.79. The van der Waals surface area contributed by atoms with E-state index in [1.807, 2.05) is 0 Å². The number of amides is 1. The molecule has 1 fully saturated rings. The molecule has 0 spiro atoms. The van der Waals surface area contributed by atoms with E-state index in [1.165, 1.54) is 23.6 Å². The van der Waals surface area contributed by atoms with Gasteiger partial charge in [0.2, 0.25) is 0 Å². The van der Waals surface area contributed by atoms with Gasteiger partial charge in [-0.1, -0.05) is 12.5 Å². The minimum Gasteiger partial charge on any atom is -0.348 e. The first-order valence-corrected chi connectivity index (χ1v) is 8.39. The number of carbonyl (C=O) groups excluding carboxylic acids is 1. The second kappa shape index (κ2) is 8.00. The predicted molar refractivity (Wildman–Crippen MR) is 92.4 cm³/mol. The fourth-order valence-electron chi connectivity index (χ4n) is 2.95. The summed E-state index contributed by atoms with van der Waals surface area (Å²) in [6.07, 6.45) is 2.94. The smallest absolute Gasteiger partial charge is 0.271 e. The van der Waals surface area contributed by atoms with Crippen LogP contribution in [0.3, 0.4) is 0 Å². The summed E-state index contributed by atoms with van der Waals surface area (Å²) >= 11 is 1.05. The summed E-state index contributed by atoms with van der Waals surface area (Å²) in [4.78, 5) is 16.4. The molecule has 1 aromatic carbocycles. The summed E-state index contributed by atoms with van der Waals surface area (Å²) in [5, 5.41) is 4.60. The third kappa shape index (κ3) is 3.74. The molecule has 1 aromatic heterocycles. The molecule has 130 valence electrons. The molecular weight excluding hydrogens is 356 g/mol. The molecule has 4 nitrogen and oxygen atoms in total. The van der Waals surface area contributed by atoms with Gasteiger partial charge in [0.1, 0.15) is 22.3 Å². The van der Waals surface area contributed by atoms with Gasteiger partial charge in [-0.15, -0.1) is 23.7 Å². The maximum Gasteiger partial charge on any atom is 0.271 e. The summed E-state index contributed by atoms with van der Waals surface area (Å²) in [6, 6.07) is 3.68. The van der Waals surface area contributed by atoms with Gasteiger partial charge in [0.25, 0.3) is 5.91 Å². The van der Waals surface area contributed by atoms with Crippen molar-refractivity contribution in [2.75, 3.05) is 6.54 Å². The Hall–Kier alpha value is -1.57. The predicted octanol–water partition coefficient (Wildman–Crippen LogP) is 3.37. The van der Waals surface area contributed by atoms with Gasteiger partial charge in [0.05, 0.1) is 5.56 Å². The molecule has 1 amide bonds. The molecule has 0 aliphatic heterocycles. The van der Waals surface area contributed by atoms with Crippen LogP contribution in [0.4, 0.5) is 8.78 Å². The van der Waals surface area contributed by atoms with Gasteiger partial charge in [-0.3, -0.25) is 4.79 Å². The van der Waals surface area contributed by atoms with Crippen molar-refractivity contribution in [1.82, 2.24) is 10.3 Å². The number of aromatic nitrogens is 1. The van der Waals surface area contributed by atoms with Gasteiger partial charge in [-0.05, 0) is 37.4 Å². The van der Waals surface area contributed by atoms with Gasteiger partial charge in [-0.25, -0.2) is 13.8 Å². The van der Waals surface area contributed by atoms with Gasteiger partial charge >= 0.3 is 0 Å². The number of nitrogens with zero attached hydrogens (tertiary/aromatic N) is 1. The molecule has 8 heteroatoms. The van der Waals surface area contributed by atoms with E-state index >= 15 is 0 Å². The van der Waals surface area contributed by atoms with E-state index in [4.69, 9.17) is 5.73 Å². The highest BCUT2D eigenvalue weighted by molar-refractivity contribution is 7.13. The third-order valence-electron chi connectivity index (χ3n) is 4.19. The quantitative estimate of drug-likeness (QED) is 0.863. The number of rotatable bonds is 4. The van der Waals surface area contributed by atoms with Gasteiger partial charge < -0.3 is 11.1 Å². The van der Waals surface area contributed by atoms with E-state index in [-0.39, 0.29) is 46.5 Å². The van der Waals surface area contributed by atoms with Crippen LogP contribution >= 0.6 is 23.7 Å². The number of benzene rings is 1. The van der Waals surface area contributed by atoms with Crippen molar-refractivity contribution in [3.05, 3.63) is 40.9 Å². The van der Waals surface area contributed by atoms with Crippen LogP contribution in [0.2, 0.25) is 0 Å². The summed E-state index contributed by atoms with van der Waals surface area (Å²) in [5.74, 6) is -1.42. The van der Waals surface area contributed by atoms with Crippen LogP contribution in [0.1, 0.15) is 29.8 Å². The number of thiazole rings is 1. The number of nitrogens with one attached hydrogen (secondary N) is 1. The second-order valence-corrected chi connectivity index (χ2v) is 6.50. The highest BCUT2D eigenvalue weighted by Gasteiger charge is 2.28. The first-order chi connectivity index (χ1) is 11.1. The molecule has 24 heavy (non-hydrogen) atoms. The highest BCUT2D eigenvalue weighted by Crippen LogP contribution is 2.29. The Morgan fingerprint density at radius 2 is 2.04 bits per heavy atom. The molecular formula is C16H18ClF2N3OS. The van der Waals surface area contributed by atoms with Crippen LogP contribution < -0.4 is 11.1 Å². The van der Waals surface area contributed by atoms with Crippen LogP contribution in [0, 0.1) is 17.6 Å². The number of hydrogen-bond acceptors (Lipinski definition) is 4. The lowest BCUT2D eigenvalue weighted by molar-refractivity contribution is 0.0924. The zero-order valence-electron chi connectivity index (χ0n) is 12.8. The van der Waals surface area contributed by atoms with Crippen molar-refractivity contribution in [1.29, 1.82) is 0 Å². The Bertz CT molecular complexity index is 705. The minimum absolute atomic E-state index is 0. The van der Waals surface area contributed by atoms with E-state index in [0.29, 0.717) is 6.54 Å². The van der Waals surface area contributed by atoms with Crippen molar-refractivity contribution in [2.45, 2.75) is 25.3 Å². The Labute approximate surface area is 148 Å². The van der Waals surface area contributed by atoms with E-state index in [0.717, 1.165) is 30.6 Å². The second-order valence-electron chi connectivity index (χ2n) is 5.64. The number of carbonyl (C=O) groups is 1. The fraction of sp³-hybridized carbons (Fsp3) is 0.375. The summed E-state index contributed by atoms with van der Waals surface area (Å²) in [7, 11) is 0. The lowest BCUT2D eigenvalue weighted by atomic mass is 10.0. The topological polar surface area (TPSA) is 68.0 Å². The molecule has 3 rings (SSSR count). The molecule has 1 aliphatic rings. The Kier molecular flexibility index (Phi) is 6.26. The molecule has 1 saturated carbocycles. The molecule has 3 N–H and O–H groups in total. The molecule has 2 atom stereocenters. The van der Waals surface area contributed by atoms with Crippen LogP contribution in [-0.4, -0.2) is 23.5 Å². The van der Waals surface area contributed by atoms with Crippen molar-refractivity contribution >= 4 is 29.7 Å². The normalized spacial score (nSPS) is 19.8. The van der Waals surface area contributed by atoms with Crippen molar-refractivity contribution in [2.24, 2.45) is 11.7 Å². The standard InChI is InChI=1S/C16H17F2N3OS.ClH/c17-10-4-2-5-11(18)14(10)16-21-13(8-23-16)15(22)20-12-6-1-3-9(12)7-19;/h2,4-5,8-9,12H,1,3,6-7,19H2,(H,20,22);1H. The van der Waals surface area contributed by atoms with Gasteiger partial charge in [-0.2, -0.15) is 0 Å². The molecule has 0 bridgehead atoms. The van der Waals surface area contributed by atoms with E-state index in [9.17, 15) is 13.6 Å². The van der Waals surface area contributed by atoms with Crippen LogP contribution in [0.15, 0.2) is 23.6 Å². The average molecular weight is 374 g/mol. The zero-order valence-corrected chi connectivity index (χ0v) is 14.4. The summed E-state index contributed by atoms with van der Waals surface area (Å²) < 4.78 is 27.6. The van der Waals surface area contributed by atoms with E-state index in [1.54, 1.807) is 0 Å². The van der Waals surface area contributed by atoms with Crippen molar-refractivity contribution in [3.63, 3.8) is 0 Å². The van der Waals surface area contributed by atoms with Crippen molar-refractivity contribution < 1.29 is 13.6 Å². The first-order valence-electron chi connectivity index (χ1n) is 7.51. The largest absolute Gasteiger partial charge is 0.348 e. The summed E-state index contributed by atoms with van der Waals surface area (Å²) in [5.41, 5.74) is 5.68. The Morgan fingerprint density at radius 1 is 1.33 bits per heavy atom. The van der Waals surface area contributed by atoms with E-state index in [2.05, 4.69) is 10.3 Å². The van der Waals surface area contributed by atoms with Crippen molar-refractivity contribution in [3.8, 4) is 10.6 Å². The molecule has 0 saturated heterocycles. The highest BCUT2D eigenvalue weighted by atomic mass is 35.5. The van der Waals surface area contributed by atoms with Crippen LogP contribution in [0.25, 0.3) is 10.6 Å². The van der Waals surface area contributed by atoms with Crippen LogP contribution in [0.5, 0.6) is 0 Å². The minimum atomic E-state index is -0.690. The maximum absolute atomic E-state index is 13.8. The first kappa shape index (κ1) is 18.8. The van der Waals surface area contributed by atoms with E-state index < -0.39 is 11.6 Å². The van der Waals surface area contributed by atoms with Gasteiger partial charge in [0.15, 0.2) is 0 Å². The molecule has 1 aliphatic carbocycles. The maximum atomic E-state index is 13.8. The lowest BCUT2D eigenvalue weighted by Crippen LogP contribution is -2.40.